The molecular weight excluding hydrogens is 836 g/mol. The highest BCUT2D eigenvalue weighted by molar-refractivity contribution is 7.90. The molecule has 0 radical (unpaired) electrons. The molecule has 2 fully saturated rings. The Labute approximate surface area is 375 Å². The first-order valence-corrected chi connectivity index (χ1v) is 23.4. The van der Waals surface area contributed by atoms with Crippen molar-refractivity contribution in [1.82, 2.24) is 19.5 Å². The number of amides is 1. The topological polar surface area (TPSA) is 128 Å². The third-order valence-electron chi connectivity index (χ3n) is 11.8. The lowest BCUT2D eigenvalue weighted by molar-refractivity contribution is 0.0699. The van der Waals surface area contributed by atoms with Gasteiger partial charge in [-0.2, -0.15) is 0 Å². The van der Waals surface area contributed by atoms with Gasteiger partial charge in [-0.1, -0.05) is 41.9 Å². The van der Waals surface area contributed by atoms with E-state index in [0.717, 1.165) is 103 Å². The zero-order chi connectivity index (χ0) is 43.9. The van der Waals surface area contributed by atoms with Crippen LogP contribution in [0.25, 0.3) is 22.0 Å². The van der Waals surface area contributed by atoms with Crippen molar-refractivity contribution in [3.63, 3.8) is 0 Å². The summed E-state index contributed by atoms with van der Waals surface area (Å²) in [4.78, 5) is 24.0. The average Bonchev–Trinajstić information content (AvgIpc) is 3.77. The number of nitrogens with zero attached hydrogens (tertiary/aromatic N) is 3. The molecule has 0 saturated carbocycles. The minimum Gasteiger partial charge on any atom is -0.492 e. The van der Waals surface area contributed by atoms with Gasteiger partial charge < -0.3 is 34.3 Å². The first-order valence-electron chi connectivity index (χ1n) is 21.5. The van der Waals surface area contributed by atoms with E-state index in [4.69, 9.17) is 25.8 Å². The van der Waals surface area contributed by atoms with Gasteiger partial charge in [0, 0.05) is 104 Å². The van der Waals surface area contributed by atoms with Crippen LogP contribution in [0.1, 0.15) is 34.3 Å². The number of piperazine rings is 1. The van der Waals surface area contributed by atoms with Crippen LogP contribution in [-0.2, 0) is 21.3 Å². The summed E-state index contributed by atoms with van der Waals surface area (Å²) in [5.74, 6) is 1.36. The van der Waals surface area contributed by atoms with Crippen molar-refractivity contribution in [2.24, 2.45) is 5.92 Å². The molecule has 0 bridgehead atoms. The van der Waals surface area contributed by atoms with E-state index in [2.05, 4.69) is 35.8 Å². The Morgan fingerprint density at radius 2 is 1.65 bits per heavy atom. The Bertz CT molecular complexity index is 2640. The number of ether oxygens (including phenoxy) is 3. The minimum absolute atomic E-state index is 0.00190. The fraction of sp³-hybridized carbons (Fsp3) is 0.327. The molecule has 8 rings (SSSR count). The van der Waals surface area contributed by atoms with Gasteiger partial charge in [0.25, 0.3) is 15.9 Å². The molecule has 0 spiro atoms. The molecule has 0 aliphatic carbocycles. The predicted molar refractivity (Wildman–Crippen MR) is 251 cm³/mol. The Morgan fingerprint density at radius 1 is 0.889 bits per heavy atom. The Balaban J connectivity index is 1.00. The molecule has 5 aromatic carbocycles. The van der Waals surface area contributed by atoms with E-state index >= 15 is 0 Å². The van der Waals surface area contributed by atoms with E-state index < -0.39 is 15.9 Å². The van der Waals surface area contributed by atoms with Gasteiger partial charge in [-0.15, -0.1) is 0 Å². The fourth-order valence-corrected chi connectivity index (χ4v) is 9.35. The lowest BCUT2D eigenvalue weighted by Gasteiger charge is -2.37. The SMILES string of the molecule is Cc1cc(S(=O)(=O)NC(=O)c2ccc(N3CCN(Cc4c(OCCN(C)C)cccc4-c4ccc(Cl)cc4)CC3)cc2Oc2cccc3[nH]ccc23)ccc1NCC1CCOCC1. The maximum atomic E-state index is 14.0. The van der Waals surface area contributed by atoms with Crippen LogP contribution < -0.4 is 24.4 Å². The van der Waals surface area contributed by atoms with Crippen molar-refractivity contribution in [1.29, 1.82) is 0 Å². The molecule has 14 heteroatoms. The normalized spacial score (nSPS) is 15.2. The third kappa shape index (κ3) is 10.8. The highest BCUT2D eigenvalue weighted by Crippen LogP contribution is 2.36. The van der Waals surface area contributed by atoms with Gasteiger partial charge in [0.15, 0.2) is 0 Å². The number of aromatic nitrogens is 1. The molecule has 2 aliphatic heterocycles. The lowest BCUT2D eigenvalue weighted by Crippen LogP contribution is -2.46. The highest BCUT2D eigenvalue weighted by Gasteiger charge is 2.26. The van der Waals surface area contributed by atoms with Crippen molar-refractivity contribution >= 4 is 49.8 Å². The molecule has 0 unspecified atom stereocenters. The van der Waals surface area contributed by atoms with Crippen molar-refractivity contribution in [3.8, 4) is 28.4 Å². The zero-order valence-electron chi connectivity index (χ0n) is 36.0. The number of H-pyrrole nitrogens is 1. The Morgan fingerprint density at radius 3 is 2.41 bits per heavy atom. The van der Waals surface area contributed by atoms with Gasteiger partial charge in [0.1, 0.15) is 23.9 Å². The number of anilines is 2. The van der Waals surface area contributed by atoms with E-state index in [-0.39, 0.29) is 16.2 Å². The van der Waals surface area contributed by atoms with E-state index in [1.165, 1.54) is 6.07 Å². The van der Waals surface area contributed by atoms with Crippen LogP contribution in [0, 0.1) is 12.8 Å². The summed E-state index contributed by atoms with van der Waals surface area (Å²) in [6.07, 6.45) is 3.81. The van der Waals surface area contributed by atoms with Gasteiger partial charge in [-0.3, -0.25) is 9.69 Å². The zero-order valence-corrected chi connectivity index (χ0v) is 37.6. The number of benzene rings is 5. The van der Waals surface area contributed by atoms with Gasteiger partial charge in [-0.25, -0.2) is 13.1 Å². The monoisotopic (exact) mass is 890 g/mol. The van der Waals surface area contributed by atoms with Crippen LogP contribution in [0.3, 0.4) is 0 Å². The summed E-state index contributed by atoms with van der Waals surface area (Å²) >= 11 is 6.26. The van der Waals surface area contributed by atoms with Crippen molar-refractivity contribution in [3.05, 3.63) is 131 Å². The summed E-state index contributed by atoms with van der Waals surface area (Å²) in [5.41, 5.74) is 6.77. The van der Waals surface area contributed by atoms with E-state index in [9.17, 15) is 13.2 Å². The minimum atomic E-state index is -4.23. The molecule has 1 amide bonds. The number of sulfonamides is 1. The predicted octanol–water partition coefficient (Wildman–Crippen LogP) is 8.81. The molecule has 3 heterocycles. The molecule has 2 saturated heterocycles. The fourth-order valence-electron chi connectivity index (χ4n) is 8.18. The number of rotatable bonds is 16. The van der Waals surface area contributed by atoms with Crippen molar-refractivity contribution in [2.75, 3.05) is 83.4 Å². The second-order valence-corrected chi connectivity index (χ2v) is 18.6. The molecule has 1 aromatic heterocycles. The summed E-state index contributed by atoms with van der Waals surface area (Å²) in [6, 6.07) is 31.9. The van der Waals surface area contributed by atoms with Crippen LogP contribution >= 0.6 is 11.6 Å². The number of nitrogens with one attached hydrogen (secondary N) is 3. The number of carbonyl (C=O) groups is 1. The van der Waals surface area contributed by atoms with Gasteiger partial charge in [0.05, 0.1) is 10.5 Å². The largest absolute Gasteiger partial charge is 0.492 e. The van der Waals surface area contributed by atoms with Gasteiger partial charge in [0.2, 0.25) is 0 Å². The Hall–Kier alpha value is -5.57. The van der Waals surface area contributed by atoms with Gasteiger partial charge in [-0.05, 0) is 123 Å². The van der Waals surface area contributed by atoms with Crippen LogP contribution in [0.15, 0.2) is 114 Å². The maximum absolute atomic E-state index is 14.0. The number of likely N-dealkylation sites (N-methyl/N-ethyl adjacent to an activating group) is 1. The number of carbonyl (C=O) groups excluding carboxylic acids is 1. The van der Waals surface area contributed by atoms with E-state index in [1.54, 1.807) is 18.2 Å². The van der Waals surface area contributed by atoms with Crippen molar-refractivity contribution < 1.29 is 27.4 Å². The second-order valence-electron chi connectivity index (χ2n) is 16.5. The van der Waals surface area contributed by atoms with Crippen molar-refractivity contribution in [2.45, 2.75) is 31.2 Å². The highest BCUT2D eigenvalue weighted by atomic mass is 35.5. The summed E-state index contributed by atoms with van der Waals surface area (Å²) in [6.45, 7) is 9.20. The number of fused-ring (bicyclic) bond motifs is 1. The first kappa shape index (κ1) is 44.1. The molecule has 0 atom stereocenters. The Kier molecular flexibility index (Phi) is 13.9. The first-order chi connectivity index (χ1) is 30.5. The van der Waals surface area contributed by atoms with Crippen LogP contribution in [0.5, 0.6) is 17.2 Å². The molecule has 63 heavy (non-hydrogen) atoms. The van der Waals surface area contributed by atoms with E-state index in [1.807, 2.05) is 100 Å². The number of hydrogen-bond donors (Lipinski definition) is 3. The molecule has 330 valence electrons. The number of aryl methyl sites for hydroxylation is 1. The molecule has 3 N–H and O–H groups in total. The molecular formula is C49H55ClN6O6S. The quantitative estimate of drug-likeness (QED) is 0.0868. The van der Waals surface area contributed by atoms with Crippen LogP contribution in [-0.4, -0.2) is 102 Å². The average molecular weight is 892 g/mol. The van der Waals surface area contributed by atoms with Crippen LogP contribution in [0.4, 0.5) is 11.4 Å². The third-order valence-corrected chi connectivity index (χ3v) is 13.4. The number of hydrogen-bond acceptors (Lipinski definition) is 10. The lowest BCUT2D eigenvalue weighted by atomic mass is 9.98. The summed E-state index contributed by atoms with van der Waals surface area (Å²) in [5, 5.41) is 4.99. The van der Waals surface area contributed by atoms with Gasteiger partial charge >= 0.3 is 0 Å². The number of halogens is 1. The van der Waals surface area contributed by atoms with Crippen LogP contribution in [0.2, 0.25) is 5.02 Å². The van der Waals surface area contributed by atoms with E-state index in [0.29, 0.717) is 42.9 Å². The maximum Gasteiger partial charge on any atom is 0.268 e. The molecule has 2 aliphatic rings. The summed E-state index contributed by atoms with van der Waals surface area (Å²) < 4.78 is 48.2. The smallest absolute Gasteiger partial charge is 0.268 e. The molecule has 12 nitrogen and oxygen atoms in total. The second kappa shape index (κ2) is 19.9. The standard InChI is InChI=1S/C49H55ClN6O6S/c1-34-30-39(15-17-44(34)52-32-35-19-27-60-28-20-35)63(58,59)53-49(57)42-16-14-38(31-48(42)62-47-9-5-7-45-41(47)18-21-51-45)56-24-22-55(23-25-56)33-43-40(36-10-12-37(50)13-11-36)6-4-8-46(43)61-29-26-54(2)3/h4-18,21,30-31,35,51-52H,19-20,22-29,32-33H2,1-3H3,(H,53,57). The molecule has 6 aromatic rings. The number of aromatic amines is 1. The summed E-state index contributed by atoms with van der Waals surface area (Å²) in [7, 11) is -0.163.